The molecule has 1 aliphatic heterocycles. The first-order valence-corrected chi connectivity index (χ1v) is 16.0. The van der Waals surface area contributed by atoms with Crippen LogP contribution in [0.15, 0.2) is 36.4 Å². The summed E-state index contributed by atoms with van der Waals surface area (Å²) in [6, 6.07) is 5.34. The highest BCUT2D eigenvalue weighted by atomic mass is 16.5. The molecule has 1 aromatic rings. The van der Waals surface area contributed by atoms with Gasteiger partial charge in [-0.1, -0.05) is 32.4 Å². The lowest BCUT2D eigenvalue weighted by Crippen LogP contribution is -2.45. The second kappa shape index (κ2) is 18.6. The molecular formula is C34H49N5O8. The Bertz CT molecular complexity index is 1300. The van der Waals surface area contributed by atoms with E-state index in [2.05, 4.69) is 16.0 Å². The van der Waals surface area contributed by atoms with Crippen LogP contribution in [0.5, 0.6) is 0 Å². The zero-order chi connectivity index (χ0) is 35.1. The number of esters is 1. The first-order chi connectivity index (χ1) is 22.1. The topological polar surface area (TPSA) is 194 Å². The molecule has 1 unspecified atom stereocenters. The van der Waals surface area contributed by atoms with Crippen molar-refractivity contribution in [2.45, 2.75) is 92.2 Å². The second-order valence-electron chi connectivity index (χ2n) is 13.1. The second-order valence-corrected chi connectivity index (χ2v) is 13.1. The first kappa shape index (κ1) is 38.6. The van der Waals surface area contributed by atoms with Crippen molar-refractivity contribution in [2.24, 2.45) is 23.0 Å². The number of hydrogen-bond donors (Lipinski definition) is 4. The Morgan fingerprint density at radius 2 is 1.55 bits per heavy atom. The number of rotatable bonds is 19. The number of amides is 6. The SMILES string of the molecule is CC(C)[C@H](NC(=O)CCCCCN1C(=O)C=CC1=O)C(=O)CC(CCCNC(N)=O)C(=O)Nc1ccc(COC(=O)C(C)(C)C)cc1. The summed E-state index contributed by atoms with van der Waals surface area (Å²) in [7, 11) is 0. The highest BCUT2D eigenvalue weighted by Gasteiger charge is 2.30. The molecule has 13 heteroatoms. The van der Waals surface area contributed by atoms with Crippen molar-refractivity contribution >= 4 is 47.1 Å². The van der Waals surface area contributed by atoms with E-state index in [-0.39, 0.29) is 80.3 Å². The summed E-state index contributed by atoms with van der Waals surface area (Å²) in [4.78, 5) is 87.2. The van der Waals surface area contributed by atoms with Crippen LogP contribution in [0.25, 0.3) is 0 Å². The summed E-state index contributed by atoms with van der Waals surface area (Å²) >= 11 is 0. The number of ether oxygens (including phenoxy) is 1. The molecule has 0 aromatic heterocycles. The van der Waals surface area contributed by atoms with Crippen molar-refractivity contribution in [3.63, 3.8) is 0 Å². The molecule has 0 saturated heterocycles. The number of nitrogens with one attached hydrogen (secondary N) is 3. The van der Waals surface area contributed by atoms with Gasteiger partial charge in [-0.2, -0.15) is 0 Å². The lowest BCUT2D eigenvalue weighted by Gasteiger charge is -2.24. The van der Waals surface area contributed by atoms with Crippen LogP contribution in [0.3, 0.4) is 0 Å². The van der Waals surface area contributed by atoms with Gasteiger partial charge < -0.3 is 26.4 Å². The number of imide groups is 1. The standard InChI is InChI=1S/C34H49N5O8/c1-22(2)30(38-27(41)11-7-6-8-19-39-28(42)16-17-29(39)43)26(40)20-24(10-9-18-36-33(35)46)31(44)37-25-14-12-23(13-15-25)21-47-32(45)34(3,4)5/h12-17,22,24,30H,6-11,18-21H2,1-5H3,(H,37,44)(H,38,41)(H3,35,36,46)/t24?,30-/m0/s1. The molecular weight excluding hydrogens is 606 g/mol. The number of nitrogens with two attached hydrogens (primary N) is 1. The van der Waals surface area contributed by atoms with Gasteiger partial charge in [0.05, 0.1) is 11.5 Å². The maximum absolute atomic E-state index is 13.5. The number of carbonyl (C=O) groups excluding carboxylic acids is 7. The van der Waals surface area contributed by atoms with Crippen LogP contribution in [0.1, 0.15) is 85.1 Å². The summed E-state index contributed by atoms with van der Waals surface area (Å²) in [5.74, 6) is -2.94. The van der Waals surface area contributed by atoms with E-state index in [1.165, 1.54) is 12.2 Å². The van der Waals surface area contributed by atoms with Crippen LogP contribution in [-0.2, 0) is 40.1 Å². The number of urea groups is 1. The number of hydrogen-bond acceptors (Lipinski definition) is 8. The molecule has 2 atom stereocenters. The summed E-state index contributed by atoms with van der Waals surface area (Å²) in [6.45, 7) is 9.54. The minimum absolute atomic E-state index is 0.0922. The molecule has 1 aliphatic rings. The van der Waals surface area contributed by atoms with Gasteiger partial charge >= 0.3 is 12.0 Å². The first-order valence-electron chi connectivity index (χ1n) is 16.0. The van der Waals surface area contributed by atoms with Crippen LogP contribution < -0.4 is 21.7 Å². The fourth-order valence-corrected chi connectivity index (χ4v) is 4.80. The summed E-state index contributed by atoms with van der Waals surface area (Å²) in [5.41, 5.74) is 5.77. The van der Waals surface area contributed by atoms with Gasteiger partial charge in [-0.3, -0.25) is 33.7 Å². The Hall–Kier alpha value is -4.55. The molecule has 258 valence electrons. The zero-order valence-electron chi connectivity index (χ0n) is 28.1. The highest BCUT2D eigenvalue weighted by molar-refractivity contribution is 6.12. The maximum Gasteiger partial charge on any atom is 0.312 e. The van der Waals surface area contributed by atoms with E-state index < -0.39 is 23.4 Å². The lowest BCUT2D eigenvalue weighted by molar-refractivity contribution is -0.154. The molecule has 1 heterocycles. The van der Waals surface area contributed by atoms with E-state index in [1.807, 2.05) is 13.8 Å². The number of nitrogens with zero attached hydrogens (tertiary/aromatic N) is 1. The molecule has 0 bridgehead atoms. The van der Waals surface area contributed by atoms with Gasteiger partial charge in [0.1, 0.15) is 6.61 Å². The number of primary amides is 1. The van der Waals surface area contributed by atoms with Crippen LogP contribution in [0.4, 0.5) is 10.5 Å². The molecule has 0 aliphatic carbocycles. The molecule has 1 aromatic carbocycles. The number of carbonyl (C=O) groups is 7. The molecule has 0 radical (unpaired) electrons. The molecule has 47 heavy (non-hydrogen) atoms. The molecule has 13 nitrogen and oxygen atoms in total. The highest BCUT2D eigenvalue weighted by Crippen LogP contribution is 2.21. The third-order valence-corrected chi connectivity index (χ3v) is 7.57. The van der Waals surface area contributed by atoms with Gasteiger partial charge in [-0.05, 0) is 70.1 Å². The molecule has 2 rings (SSSR count). The van der Waals surface area contributed by atoms with Crippen molar-refractivity contribution < 1.29 is 38.3 Å². The van der Waals surface area contributed by atoms with E-state index in [0.717, 1.165) is 10.5 Å². The predicted octanol–water partition coefficient (Wildman–Crippen LogP) is 3.36. The van der Waals surface area contributed by atoms with Gasteiger partial charge in [0.2, 0.25) is 11.8 Å². The van der Waals surface area contributed by atoms with Crippen LogP contribution >= 0.6 is 0 Å². The van der Waals surface area contributed by atoms with E-state index in [1.54, 1.807) is 45.0 Å². The zero-order valence-corrected chi connectivity index (χ0v) is 28.1. The van der Waals surface area contributed by atoms with Crippen molar-refractivity contribution in [3.8, 4) is 0 Å². The summed E-state index contributed by atoms with van der Waals surface area (Å²) in [6.07, 6.45) is 4.90. The van der Waals surface area contributed by atoms with Crippen molar-refractivity contribution in [1.29, 1.82) is 0 Å². The van der Waals surface area contributed by atoms with E-state index >= 15 is 0 Å². The van der Waals surface area contributed by atoms with Crippen molar-refractivity contribution in [2.75, 3.05) is 18.4 Å². The molecule has 0 spiro atoms. The molecule has 6 amide bonds. The number of unbranched alkanes of at least 4 members (excludes halogenated alkanes) is 2. The molecule has 5 N–H and O–H groups in total. The molecule has 0 fully saturated rings. The smallest absolute Gasteiger partial charge is 0.312 e. The fourth-order valence-electron chi connectivity index (χ4n) is 4.80. The third kappa shape index (κ3) is 13.8. The van der Waals surface area contributed by atoms with E-state index in [0.29, 0.717) is 31.4 Å². The Morgan fingerprint density at radius 3 is 2.13 bits per heavy atom. The monoisotopic (exact) mass is 655 g/mol. The van der Waals surface area contributed by atoms with E-state index in [4.69, 9.17) is 10.5 Å². The van der Waals surface area contributed by atoms with Crippen LogP contribution in [-0.4, -0.2) is 65.4 Å². The van der Waals surface area contributed by atoms with Gasteiger partial charge in [0, 0.05) is 49.7 Å². The molecule has 0 saturated carbocycles. The predicted molar refractivity (Wildman–Crippen MR) is 175 cm³/mol. The Morgan fingerprint density at radius 1 is 0.915 bits per heavy atom. The maximum atomic E-state index is 13.5. The average molecular weight is 656 g/mol. The average Bonchev–Trinajstić information content (AvgIpc) is 3.32. The minimum atomic E-state index is -0.803. The lowest BCUT2D eigenvalue weighted by atomic mass is 9.89. The minimum Gasteiger partial charge on any atom is -0.460 e. The Balaban J connectivity index is 1.95. The van der Waals surface area contributed by atoms with Gasteiger partial charge in [-0.25, -0.2) is 4.79 Å². The van der Waals surface area contributed by atoms with Crippen molar-refractivity contribution in [3.05, 3.63) is 42.0 Å². The Kier molecular flexibility index (Phi) is 15.3. The van der Waals surface area contributed by atoms with Gasteiger partial charge in [0.25, 0.3) is 11.8 Å². The summed E-state index contributed by atoms with van der Waals surface area (Å²) < 4.78 is 5.34. The van der Waals surface area contributed by atoms with Gasteiger partial charge in [-0.15, -0.1) is 0 Å². The van der Waals surface area contributed by atoms with Crippen LogP contribution in [0, 0.1) is 17.3 Å². The largest absolute Gasteiger partial charge is 0.460 e. The summed E-state index contributed by atoms with van der Waals surface area (Å²) in [5, 5.41) is 8.14. The van der Waals surface area contributed by atoms with Crippen LogP contribution in [0.2, 0.25) is 0 Å². The normalized spacial score (nSPS) is 14.1. The van der Waals surface area contributed by atoms with E-state index in [9.17, 15) is 33.6 Å². The van der Waals surface area contributed by atoms with Gasteiger partial charge in [0.15, 0.2) is 5.78 Å². The number of anilines is 1. The number of benzene rings is 1. The fraction of sp³-hybridized carbons (Fsp3) is 0.559. The Labute approximate surface area is 276 Å². The number of Topliss-reactive ketones (excluding diaryl/α,β-unsaturated/α-hetero) is 1. The third-order valence-electron chi connectivity index (χ3n) is 7.57. The number of ketones is 1. The van der Waals surface area contributed by atoms with Crippen molar-refractivity contribution in [1.82, 2.24) is 15.5 Å². The quantitative estimate of drug-likeness (QED) is 0.0989.